The summed E-state index contributed by atoms with van der Waals surface area (Å²) in [6.45, 7) is 5.13. The third-order valence-corrected chi connectivity index (χ3v) is 2.20. The minimum absolute atomic E-state index is 0.00981. The van der Waals surface area contributed by atoms with Crippen molar-refractivity contribution in [2.75, 3.05) is 12.4 Å². The molecule has 6 heteroatoms. The van der Waals surface area contributed by atoms with E-state index in [1.165, 1.54) is 0 Å². The number of carbonyl (C=O) groups is 1. The van der Waals surface area contributed by atoms with Gasteiger partial charge in [0, 0.05) is 0 Å². The van der Waals surface area contributed by atoms with Crippen LogP contribution in [-0.2, 0) is 19.6 Å². The van der Waals surface area contributed by atoms with Gasteiger partial charge in [-0.3, -0.25) is 9.35 Å². The molecule has 0 aromatic heterocycles. The first-order valence-corrected chi connectivity index (χ1v) is 5.86. The van der Waals surface area contributed by atoms with Crippen molar-refractivity contribution in [3.05, 3.63) is 0 Å². The number of hydrogen-bond donors (Lipinski definition) is 1. The molecule has 0 saturated heterocycles. The van der Waals surface area contributed by atoms with Gasteiger partial charge in [-0.1, -0.05) is 0 Å². The van der Waals surface area contributed by atoms with Gasteiger partial charge in [-0.25, -0.2) is 0 Å². The summed E-state index contributed by atoms with van der Waals surface area (Å²) in [6, 6.07) is 0. The highest BCUT2D eigenvalue weighted by Gasteiger charge is 2.22. The van der Waals surface area contributed by atoms with Gasteiger partial charge in [0.2, 0.25) is 0 Å². The Morgan fingerprint density at radius 3 is 2.21 bits per heavy atom. The van der Waals surface area contributed by atoms with Crippen LogP contribution in [0.1, 0.15) is 27.2 Å². The van der Waals surface area contributed by atoms with E-state index in [1.54, 1.807) is 20.8 Å². The van der Waals surface area contributed by atoms with Crippen LogP contribution in [0.3, 0.4) is 0 Å². The maximum Gasteiger partial charge on any atom is 0.311 e. The maximum absolute atomic E-state index is 11.2. The molecule has 0 aromatic rings. The van der Waals surface area contributed by atoms with Crippen LogP contribution in [-0.4, -0.2) is 31.3 Å². The summed E-state index contributed by atoms with van der Waals surface area (Å²) in [7, 11) is -3.95. The topological polar surface area (TPSA) is 80.7 Å². The zero-order valence-electron chi connectivity index (χ0n) is 8.61. The van der Waals surface area contributed by atoms with Gasteiger partial charge in [0.05, 0.1) is 17.8 Å². The Labute approximate surface area is 84.2 Å². The highest BCUT2D eigenvalue weighted by atomic mass is 32.2. The first-order chi connectivity index (χ1) is 6.13. The molecule has 0 atom stereocenters. The third-order valence-electron chi connectivity index (χ3n) is 1.39. The fraction of sp³-hybridized carbons (Fsp3) is 0.875. The maximum atomic E-state index is 11.2. The summed E-state index contributed by atoms with van der Waals surface area (Å²) in [5.74, 6) is -0.766. The van der Waals surface area contributed by atoms with E-state index in [0.717, 1.165) is 0 Å². The van der Waals surface area contributed by atoms with Crippen molar-refractivity contribution < 1.29 is 22.5 Å². The lowest BCUT2D eigenvalue weighted by molar-refractivity contribution is -0.152. The van der Waals surface area contributed by atoms with Gasteiger partial charge in [0.25, 0.3) is 10.1 Å². The standard InChI is InChI=1S/C8H16O5S/c1-8(2,3)7(9)13-5-4-6-14(10,11)12/h4-6H2,1-3H3,(H,10,11,12). The first kappa shape index (κ1) is 13.4. The number of esters is 1. The van der Waals surface area contributed by atoms with Crippen LogP contribution >= 0.6 is 0 Å². The molecule has 0 saturated carbocycles. The van der Waals surface area contributed by atoms with Crippen molar-refractivity contribution >= 4 is 16.1 Å². The van der Waals surface area contributed by atoms with Crippen molar-refractivity contribution in [1.82, 2.24) is 0 Å². The van der Waals surface area contributed by atoms with Gasteiger partial charge in [-0.05, 0) is 27.2 Å². The van der Waals surface area contributed by atoms with Crippen LogP contribution < -0.4 is 0 Å². The molecule has 0 fully saturated rings. The molecule has 0 spiro atoms. The highest BCUT2D eigenvalue weighted by Crippen LogP contribution is 2.14. The molecule has 0 aliphatic heterocycles. The van der Waals surface area contributed by atoms with Crippen molar-refractivity contribution in [2.24, 2.45) is 5.41 Å². The van der Waals surface area contributed by atoms with Crippen molar-refractivity contribution in [3.63, 3.8) is 0 Å². The zero-order chi connectivity index (χ0) is 11.4. The highest BCUT2D eigenvalue weighted by molar-refractivity contribution is 7.85. The molecule has 1 N–H and O–H groups in total. The Bertz CT molecular complexity index is 285. The normalized spacial score (nSPS) is 12.6. The van der Waals surface area contributed by atoms with Crippen LogP contribution in [0.2, 0.25) is 0 Å². The average molecular weight is 224 g/mol. The Hall–Kier alpha value is -0.620. The Morgan fingerprint density at radius 2 is 1.86 bits per heavy atom. The second-order valence-electron chi connectivity index (χ2n) is 4.03. The Morgan fingerprint density at radius 1 is 1.36 bits per heavy atom. The van der Waals surface area contributed by atoms with Gasteiger partial charge in [0.1, 0.15) is 0 Å². The molecule has 14 heavy (non-hydrogen) atoms. The molecule has 0 radical (unpaired) electrons. The Balaban J connectivity index is 3.72. The summed E-state index contributed by atoms with van der Waals surface area (Å²) in [5.41, 5.74) is -0.585. The SMILES string of the molecule is CC(C)(C)C(=O)OCCCS(=O)(=O)O. The largest absolute Gasteiger partial charge is 0.465 e. The van der Waals surface area contributed by atoms with Crippen molar-refractivity contribution in [1.29, 1.82) is 0 Å². The van der Waals surface area contributed by atoms with Crippen molar-refractivity contribution in [2.45, 2.75) is 27.2 Å². The molecule has 0 bridgehead atoms. The molecule has 0 aliphatic carbocycles. The lowest BCUT2D eigenvalue weighted by atomic mass is 9.97. The van der Waals surface area contributed by atoms with E-state index in [0.29, 0.717) is 0 Å². The van der Waals surface area contributed by atoms with E-state index in [2.05, 4.69) is 0 Å². The summed E-state index contributed by atoms with van der Waals surface area (Å²) in [4.78, 5) is 11.2. The quantitative estimate of drug-likeness (QED) is 0.435. The van der Waals surface area contributed by atoms with Gasteiger partial charge in [-0.15, -0.1) is 0 Å². The second-order valence-corrected chi connectivity index (χ2v) is 5.60. The number of carbonyl (C=O) groups excluding carboxylic acids is 1. The summed E-state index contributed by atoms with van der Waals surface area (Å²) < 4.78 is 33.7. The lowest BCUT2D eigenvalue weighted by Crippen LogP contribution is -2.23. The average Bonchev–Trinajstić information content (AvgIpc) is 1.93. The van der Waals surface area contributed by atoms with Crippen LogP contribution in [0.25, 0.3) is 0 Å². The minimum Gasteiger partial charge on any atom is -0.465 e. The van der Waals surface area contributed by atoms with Crippen molar-refractivity contribution in [3.8, 4) is 0 Å². The van der Waals surface area contributed by atoms with Crippen LogP contribution in [0.4, 0.5) is 0 Å². The van der Waals surface area contributed by atoms with Gasteiger partial charge >= 0.3 is 5.97 Å². The molecule has 0 amide bonds. The predicted molar refractivity (Wildman–Crippen MR) is 51.4 cm³/mol. The zero-order valence-corrected chi connectivity index (χ0v) is 9.43. The van der Waals surface area contributed by atoms with Gasteiger partial charge in [0.15, 0.2) is 0 Å². The lowest BCUT2D eigenvalue weighted by Gasteiger charge is -2.16. The summed E-state index contributed by atoms with van der Waals surface area (Å²) in [6.07, 6.45) is 0.112. The fourth-order valence-corrected chi connectivity index (χ4v) is 1.11. The minimum atomic E-state index is -3.95. The predicted octanol–water partition coefficient (Wildman–Crippen LogP) is 0.854. The van der Waals surface area contributed by atoms with E-state index in [9.17, 15) is 13.2 Å². The first-order valence-electron chi connectivity index (χ1n) is 4.25. The molecular weight excluding hydrogens is 208 g/mol. The number of rotatable bonds is 4. The van der Waals surface area contributed by atoms with Crippen LogP contribution in [0.15, 0.2) is 0 Å². The van der Waals surface area contributed by atoms with Gasteiger partial charge < -0.3 is 4.74 Å². The summed E-state index contributed by atoms with van der Waals surface area (Å²) in [5, 5.41) is 0. The van der Waals surface area contributed by atoms with E-state index < -0.39 is 15.5 Å². The molecule has 84 valence electrons. The summed E-state index contributed by atoms with van der Waals surface area (Å²) >= 11 is 0. The monoisotopic (exact) mass is 224 g/mol. The fourth-order valence-electron chi connectivity index (χ4n) is 0.623. The number of ether oxygens (including phenoxy) is 1. The number of hydrogen-bond acceptors (Lipinski definition) is 4. The van der Waals surface area contributed by atoms with E-state index in [4.69, 9.17) is 9.29 Å². The second kappa shape index (κ2) is 4.75. The molecule has 0 aliphatic rings. The Kier molecular flexibility index (Phi) is 4.54. The van der Waals surface area contributed by atoms with E-state index in [-0.39, 0.29) is 24.7 Å². The molecule has 0 heterocycles. The van der Waals surface area contributed by atoms with Crippen LogP contribution in [0.5, 0.6) is 0 Å². The molecule has 0 unspecified atom stereocenters. The van der Waals surface area contributed by atoms with Gasteiger partial charge in [-0.2, -0.15) is 8.42 Å². The van der Waals surface area contributed by atoms with E-state index in [1.807, 2.05) is 0 Å². The smallest absolute Gasteiger partial charge is 0.311 e. The molecule has 0 rings (SSSR count). The third kappa shape index (κ3) is 6.85. The molecule has 5 nitrogen and oxygen atoms in total. The van der Waals surface area contributed by atoms with E-state index >= 15 is 0 Å². The molecule has 0 aromatic carbocycles. The van der Waals surface area contributed by atoms with Crippen LogP contribution in [0, 0.1) is 5.41 Å². The molecular formula is C8H16O5S.